The summed E-state index contributed by atoms with van der Waals surface area (Å²) in [6.45, 7) is -0.110. The monoisotopic (exact) mass is 461 g/mol. The minimum Gasteiger partial charge on any atom is -0.493 e. The Balaban J connectivity index is 1.81. The first kappa shape index (κ1) is 22.3. The van der Waals surface area contributed by atoms with Gasteiger partial charge in [0, 0.05) is 0 Å². The number of amides is 2. The predicted octanol–water partition coefficient (Wildman–Crippen LogP) is 3.98. The molecule has 2 amide bonds. The maximum Gasteiger partial charge on any atom is 0.373 e. The maximum atomic E-state index is 12.7. The lowest BCUT2D eigenvalue weighted by molar-refractivity contribution is -0.123. The molecule has 8 nitrogen and oxygen atoms in total. The van der Waals surface area contributed by atoms with Gasteiger partial charge in [-0.3, -0.25) is 14.5 Å². The Morgan fingerprint density at radius 3 is 2.77 bits per heavy atom. The van der Waals surface area contributed by atoms with E-state index in [1.165, 1.54) is 32.4 Å². The number of thioether (sulfide) groups is 1. The number of hydrogen-bond acceptors (Lipinski definition) is 8. The lowest BCUT2D eigenvalue weighted by atomic mass is 10.1. The van der Waals surface area contributed by atoms with Gasteiger partial charge in [0.1, 0.15) is 12.4 Å². The van der Waals surface area contributed by atoms with Gasteiger partial charge in [-0.05, 0) is 47.7 Å². The van der Waals surface area contributed by atoms with Crippen LogP contribution in [0.4, 0.5) is 4.79 Å². The molecule has 160 valence electrons. The van der Waals surface area contributed by atoms with Gasteiger partial charge in [0.2, 0.25) is 5.76 Å². The van der Waals surface area contributed by atoms with Gasteiger partial charge in [-0.1, -0.05) is 17.5 Å². The van der Waals surface area contributed by atoms with Crippen molar-refractivity contribution in [3.63, 3.8) is 0 Å². The lowest BCUT2D eigenvalue weighted by Gasteiger charge is -2.12. The van der Waals surface area contributed by atoms with Crippen LogP contribution >= 0.6 is 23.4 Å². The molecule has 0 bridgehead atoms. The number of hydrogen-bond donors (Lipinski definition) is 0. The first-order valence-corrected chi connectivity index (χ1v) is 9.93. The molecule has 1 saturated heterocycles. The molecule has 3 rings (SSSR count). The van der Waals surface area contributed by atoms with Crippen LogP contribution in [0.15, 0.2) is 33.6 Å². The number of esters is 1. The third-order valence-corrected chi connectivity index (χ3v) is 5.27. The van der Waals surface area contributed by atoms with Crippen molar-refractivity contribution in [3.05, 3.63) is 51.3 Å². The van der Waals surface area contributed by atoms with E-state index >= 15 is 0 Å². The number of ether oxygens (including phenoxy) is 3. The number of carbonyl (C=O) groups is 3. The number of methoxy groups -OCH3 is 2. The van der Waals surface area contributed by atoms with Crippen LogP contribution in [0.25, 0.3) is 6.08 Å². The molecule has 10 heteroatoms. The second-order valence-corrected chi connectivity index (χ2v) is 7.45. The number of rotatable bonds is 7. The molecular formula is C21H16ClNO7S. The first-order chi connectivity index (χ1) is 14.9. The molecule has 0 atom stereocenters. The molecule has 1 aliphatic heterocycles. The third-order valence-electron chi connectivity index (χ3n) is 4.09. The second kappa shape index (κ2) is 9.64. The third kappa shape index (κ3) is 4.87. The number of furan rings is 1. The van der Waals surface area contributed by atoms with Gasteiger partial charge in [-0.15, -0.1) is 6.42 Å². The number of imide groups is 1. The summed E-state index contributed by atoms with van der Waals surface area (Å²) in [7, 11) is 2.67. The molecule has 0 N–H and O–H groups in total. The van der Waals surface area contributed by atoms with Crippen LogP contribution in [0.5, 0.6) is 11.5 Å². The Morgan fingerprint density at radius 2 is 2.10 bits per heavy atom. The Morgan fingerprint density at radius 1 is 1.32 bits per heavy atom. The van der Waals surface area contributed by atoms with Crippen LogP contribution < -0.4 is 9.47 Å². The van der Waals surface area contributed by atoms with Crippen LogP contribution in [-0.2, 0) is 16.1 Å². The molecule has 1 aromatic carbocycles. The van der Waals surface area contributed by atoms with E-state index in [4.69, 9.17) is 31.9 Å². The summed E-state index contributed by atoms with van der Waals surface area (Å²) < 4.78 is 20.6. The highest BCUT2D eigenvalue weighted by atomic mass is 35.5. The topological polar surface area (TPSA) is 95.3 Å². The van der Waals surface area contributed by atoms with E-state index in [0.717, 1.165) is 16.7 Å². The van der Waals surface area contributed by atoms with Crippen LogP contribution in [0.3, 0.4) is 0 Å². The van der Waals surface area contributed by atoms with Gasteiger partial charge in [-0.25, -0.2) is 4.79 Å². The van der Waals surface area contributed by atoms with Gasteiger partial charge in [-0.2, -0.15) is 0 Å². The van der Waals surface area contributed by atoms with Crippen LogP contribution in [0, 0.1) is 12.3 Å². The molecule has 0 radical (unpaired) electrons. The summed E-state index contributed by atoms with van der Waals surface area (Å²) in [5.74, 6) is 2.05. The number of terminal acetylenes is 1. The average molecular weight is 462 g/mol. The Kier molecular flexibility index (Phi) is 6.95. The fourth-order valence-electron chi connectivity index (χ4n) is 2.69. The minimum absolute atomic E-state index is 0.0127. The molecule has 1 fully saturated rings. The van der Waals surface area contributed by atoms with Crippen molar-refractivity contribution in [2.75, 3.05) is 20.8 Å². The van der Waals surface area contributed by atoms with Gasteiger partial charge in [0.05, 0.1) is 30.7 Å². The number of carbonyl (C=O) groups excluding carboxylic acids is 3. The van der Waals surface area contributed by atoms with E-state index in [0.29, 0.717) is 11.3 Å². The van der Waals surface area contributed by atoms with Crippen molar-refractivity contribution < 1.29 is 33.0 Å². The van der Waals surface area contributed by atoms with Crippen molar-refractivity contribution in [2.45, 2.75) is 6.54 Å². The van der Waals surface area contributed by atoms with Gasteiger partial charge in [0.15, 0.2) is 11.5 Å². The largest absolute Gasteiger partial charge is 0.493 e. The number of nitrogens with zero attached hydrogens (tertiary/aromatic N) is 1. The molecule has 0 aliphatic carbocycles. The maximum absolute atomic E-state index is 12.7. The van der Waals surface area contributed by atoms with E-state index in [2.05, 4.69) is 10.7 Å². The summed E-state index contributed by atoms with van der Waals surface area (Å²) in [5, 5.41) is -0.231. The fourth-order valence-corrected chi connectivity index (χ4v) is 3.81. The van der Waals surface area contributed by atoms with E-state index in [-0.39, 0.29) is 40.3 Å². The highest BCUT2D eigenvalue weighted by molar-refractivity contribution is 8.18. The van der Waals surface area contributed by atoms with E-state index < -0.39 is 17.1 Å². The summed E-state index contributed by atoms with van der Waals surface area (Å²) in [6, 6.07) is 6.09. The van der Waals surface area contributed by atoms with Crippen molar-refractivity contribution in [3.8, 4) is 23.8 Å². The summed E-state index contributed by atoms with van der Waals surface area (Å²) in [6.07, 6.45) is 6.72. The summed E-state index contributed by atoms with van der Waals surface area (Å²) in [5.41, 5.74) is 0.534. The Bertz CT molecular complexity index is 1120. The molecule has 31 heavy (non-hydrogen) atoms. The summed E-state index contributed by atoms with van der Waals surface area (Å²) in [4.78, 5) is 37.8. The smallest absolute Gasteiger partial charge is 0.373 e. The minimum atomic E-state index is -0.652. The summed E-state index contributed by atoms with van der Waals surface area (Å²) >= 11 is 7.03. The quantitative estimate of drug-likeness (QED) is 0.347. The fraction of sp³-hybridized carbons (Fsp3) is 0.190. The van der Waals surface area contributed by atoms with Gasteiger partial charge < -0.3 is 18.6 Å². The van der Waals surface area contributed by atoms with E-state index in [9.17, 15) is 14.4 Å². The van der Waals surface area contributed by atoms with Crippen LogP contribution in [0.2, 0.25) is 5.02 Å². The van der Waals surface area contributed by atoms with Crippen molar-refractivity contribution in [1.82, 2.24) is 4.90 Å². The number of benzene rings is 1. The predicted molar refractivity (Wildman–Crippen MR) is 114 cm³/mol. The zero-order valence-electron chi connectivity index (χ0n) is 16.5. The lowest BCUT2D eigenvalue weighted by Crippen LogP contribution is -2.27. The van der Waals surface area contributed by atoms with Crippen molar-refractivity contribution in [1.29, 1.82) is 0 Å². The van der Waals surface area contributed by atoms with Gasteiger partial charge >= 0.3 is 5.97 Å². The Labute approximate surface area is 187 Å². The first-order valence-electron chi connectivity index (χ1n) is 8.74. The SMILES string of the molecule is C#CCOc1c(Cl)cc(C=C2SC(=O)N(Cc3ccc(C(=O)OC)o3)C2=O)cc1OC. The second-order valence-electron chi connectivity index (χ2n) is 6.05. The average Bonchev–Trinajstić information content (AvgIpc) is 3.32. The zero-order valence-corrected chi connectivity index (χ0v) is 18.0. The van der Waals surface area contributed by atoms with E-state index in [1.54, 1.807) is 12.1 Å². The van der Waals surface area contributed by atoms with E-state index in [1.807, 2.05) is 0 Å². The highest BCUT2D eigenvalue weighted by Gasteiger charge is 2.36. The molecule has 1 aliphatic rings. The Hall–Kier alpha value is -3.35. The molecule has 2 heterocycles. The molecule has 0 spiro atoms. The van der Waals surface area contributed by atoms with Crippen molar-refractivity contribution >= 4 is 46.6 Å². The molecule has 0 unspecified atom stereocenters. The standard InChI is InChI=1S/C21H16ClNO7S/c1-4-7-29-18-14(22)8-12(9-16(18)27-2)10-17-19(24)23(21(26)31-17)11-13-5-6-15(30-13)20(25)28-3/h1,5-6,8-10H,7,11H2,2-3H3. The molecular weight excluding hydrogens is 446 g/mol. The van der Waals surface area contributed by atoms with Crippen LogP contribution in [0.1, 0.15) is 21.9 Å². The van der Waals surface area contributed by atoms with Gasteiger partial charge in [0.25, 0.3) is 11.1 Å². The van der Waals surface area contributed by atoms with Crippen molar-refractivity contribution in [2.24, 2.45) is 0 Å². The zero-order chi connectivity index (χ0) is 22.5. The molecule has 0 saturated carbocycles. The molecule has 2 aromatic rings. The molecule has 1 aromatic heterocycles. The normalized spacial score (nSPS) is 14.6. The highest BCUT2D eigenvalue weighted by Crippen LogP contribution is 2.39. The van der Waals surface area contributed by atoms with Crippen LogP contribution in [-0.4, -0.2) is 42.8 Å². The number of halogens is 1.